The van der Waals surface area contributed by atoms with Crippen LogP contribution in [0.5, 0.6) is 0 Å². The zero-order chi connectivity index (χ0) is 9.40. The number of ether oxygens (including phenoxy) is 1. The van der Waals surface area contributed by atoms with Gasteiger partial charge >= 0.3 is 0 Å². The average molecular weight is 171 g/mol. The van der Waals surface area contributed by atoms with Gasteiger partial charge in [0.2, 0.25) is 5.91 Å². The fraction of sp³-hybridized carbons (Fsp3) is 0.667. The Balaban J connectivity index is 3.27. The van der Waals surface area contributed by atoms with Crippen molar-refractivity contribution in [3.8, 4) is 0 Å². The maximum atomic E-state index is 11.0. The maximum Gasteiger partial charge on any atom is 0.246 e. The third-order valence-corrected chi connectivity index (χ3v) is 1.22. The lowest BCUT2D eigenvalue weighted by atomic mass is 10.4. The molecule has 0 saturated heterocycles. The molecule has 0 bridgehead atoms. The molecule has 0 aromatic heterocycles. The molecule has 0 aliphatic carbocycles. The van der Waals surface area contributed by atoms with Crippen molar-refractivity contribution < 1.29 is 9.53 Å². The predicted octanol–water partition coefficient (Wildman–Crippen LogP) is 1.10. The zero-order valence-corrected chi connectivity index (χ0v) is 7.80. The fourth-order valence-corrected chi connectivity index (χ4v) is 0.607. The van der Waals surface area contributed by atoms with E-state index in [-0.39, 0.29) is 18.6 Å². The van der Waals surface area contributed by atoms with Crippen molar-refractivity contribution in [2.75, 3.05) is 13.2 Å². The first-order chi connectivity index (χ1) is 5.66. The summed E-state index contributed by atoms with van der Waals surface area (Å²) in [5.41, 5.74) is 0. The molecule has 0 rings (SSSR count). The predicted molar refractivity (Wildman–Crippen MR) is 48.9 cm³/mol. The van der Waals surface area contributed by atoms with Gasteiger partial charge in [0.15, 0.2) is 0 Å². The van der Waals surface area contributed by atoms with Crippen molar-refractivity contribution in [3.05, 3.63) is 12.7 Å². The molecular weight excluding hydrogens is 154 g/mol. The molecule has 0 atom stereocenters. The normalized spacial score (nSPS) is 9.92. The van der Waals surface area contributed by atoms with Gasteiger partial charge in [-0.3, -0.25) is 4.79 Å². The van der Waals surface area contributed by atoms with Crippen LogP contribution in [0.3, 0.4) is 0 Å². The van der Waals surface area contributed by atoms with Crippen LogP contribution in [-0.2, 0) is 9.53 Å². The zero-order valence-electron chi connectivity index (χ0n) is 7.80. The van der Waals surface area contributed by atoms with Crippen LogP contribution in [0.1, 0.15) is 20.3 Å². The standard InChI is InChI=1S/C9H17NO2/c1-4-5-6-10-9(11)7-12-8(2)3/h4,8H,1,5-7H2,2-3H3,(H,10,11). The molecule has 1 amide bonds. The minimum absolute atomic E-state index is 0.0643. The molecule has 3 nitrogen and oxygen atoms in total. The summed E-state index contributed by atoms with van der Waals surface area (Å²) in [5, 5.41) is 2.70. The van der Waals surface area contributed by atoms with E-state index in [0.717, 1.165) is 6.42 Å². The van der Waals surface area contributed by atoms with Crippen LogP contribution in [0.15, 0.2) is 12.7 Å². The molecule has 12 heavy (non-hydrogen) atoms. The summed E-state index contributed by atoms with van der Waals surface area (Å²) in [6, 6.07) is 0. The van der Waals surface area contributed by atoms with Gasteiger partial charge in [-0.15, -0.1) is 6.58 Å². The Morgan fingerprint density at radius 2 is 2.33 bits per heavy atom. The minimum Gasteiger partial charge on any atom is -0.369 e. The molecule has 1 N–H and O–H groups in total. The summed E-state index contributed by atoms with van der Waals surface area (Å²) in [5.74, 6) is -0.0643. The van der Waals surface area contributed by atoms with E-state index < -0.39 is 0 Å². The lowest BCUT2D eigenvalue weighted by Gasteiger charge is -2.07. The van der Waals surface area contributed by atoms with E-state index in [1.54, 1.807) is 6.08 Å². The summed E-state index contributed by atoms with van der Waals surface area (Å²) in [6.07, 6.45) is 2.67. The van der Waals surface area contributed by atoms with Crippen LogP contribution < -0.4 is 5.32 Å². The van der Waals surface area contributed by atoms with Crippen molar-refractivity contribution in [2.45, 2.75) is 26.4 Å². The van der Waals surface area contributed by atoms with Gasteiger partial charge in [0.1, 0.15) is 6.61 Å². The van der Waals surface area contributed by atoms with Crippen molar-refractivity contribution in [3.63, 3.8) is 0 Å². The monoisotopic (exact) mass is 171 g/mol. The van der Waals surface area contributed by atoms with Gasteiger partial charge in [0.25, 0.3) is 0 Å². The van der Waals surface area contributed by atoms with Crippen molar-refractivity contribution in [1.29, 1.82) is 0 Å². The van der Waals surface area contributed by atoms with Crippen molar-refractivity contribution >= 4 is 5.91 Å². The molecular formula is C9H17NO2. The second-order valence-electron chi connectivity index (χ2n) is 2.79. The third-order valence-electron chi connectivity index (χ3n) is 1.22. The maximum absolute atomic E-state index is 11.0. The Morgan fingerprint density at radius 1 is 1.67 bits per heavy atom. The largest absolute Gasteiger partial charge is 0.369 e. The summed E-state index contributed by atoms with van der Waals surface area (Å²) in [6.45, 7) is 8.14. The third kappa shape index (κ3) is 7.28. The molecule has 0 aromatic carbocycles. The van der Waals surface area contributed by atoms with Gasteiger partial charge in [-0.05, 0) is 20.3 Å². The molecule has 0 aromatic rings. The number of hydrogen-bond donors (Lipinski definition) is 1. The van der Waals surface area contributed by atoms with E-state index in [4.69, 9.17) is 4.74 Å². The van der Waals surface area contributed by atoms with Crippen molar-refractivity contribution in [2.24, 2.45) is 0 Å². The lowest BCUT2D eigenvalue weighted by Crippen LogP contribution is -2.29. The van der Waals surface area contributed by atoms with Gasteiger partial charge in [-0.2, -0.15) is 0 Å². The quantitative estimate of drug-likeness (QED) is 0.480. The first-order valence-electron chi connectivity index (χ1n) is 4.16. The molecule has 3 heteroatoms. The second-order valence-corrected chi connectivity index (χ2v) is 2.79. The smallest absolute Gasteiger partial charge is 0.246 e. The van der Waals surface area contributed by atoms with Gasteiger partial charge < -0.3 is 10.1 Å². The van der Waals surface area contributed by atoms with Crippen LogP contribution in [0.4, 0.5) is 0 Å². The van der Waals surface area contributed by atoms with Gasteiger partial charge in [-0.25, -0.2) is 0 Å². The Morgan fingerprint density at radius 3 is 2.83 bits per heavy atom. The number of nitrogens with one attached hydrogen (secondary N) is 1. The Bertz CT molecular complexity index is 143. The molecule has 0 aliphatic heterocycles. The van der Waals surface area contributed by atoms with E-state index >= 15 is 0 Å². The molecule has 70 valence electrons. The van der Waals surface area contributed by atoms with Crippen LogP contribution in [0.2, 0.25) is 0 Å². The number of amides is 1. The number of rotatable bonds is 6. The summed E-state index contributed by atoms with van der Waals surface area (Å²) in [7, 11) is 0. The van der Waals surface area contributed by atoms with E-state index in [1.165, 1.54) is 0 Å². The second kappa shape index (κ2) is 6.85. The van der Waals surface area contributed by atoms with Gasteiger partial charge in [0, 0.05) is 6.54 Å². The van der Waals surface area contributed by atoms with E-state index in [9.17, 15) is 4.79 Å². The molecule has 0 aliphatic rings. The Hall–Kier alpha value is -0.830. The SMILES string of the molecule is C=CCCNC(=O)COC(C)C. The molecule has 0 unspecified atom stereocenters. The minimum atomic E-state index is -0.0643. The van der Waals surface area contributed by atoms with E-state index in [1.807, 2.05) is 13.8 Å². The molecule has 0 spiro atoms. The number of carbonyl (C=O) groups excluding carboxylic acids is 1. The highest BCUT2D eigenvalue weighted by atomic mass is 16.5. The van der Waals surface area contributed by atoms with Gasteiger partial charge in [0.05, 0.1) is 6.10 Å². The molecule has 0 fully saturated rings. The molecule has 0 saturated carbocycles. The van der Waals surface area contributed by atoms with E-state index in [0.29, 0.717) is 6.54 Å². The highest BCUT2D eigenvalue weighted by molar-refractivity contribution is 5.77. The summed E-state index contributed by atoms with van der Waals surface area (Å²) in [4.78, 5) is 11.0. The van der Waals surface area contributed by atoms with Crippen LogP contribution in [0, 0.1) is 0 Å². The van der Waals surface area contributed by atoms with Crippen molar-refractivity contribution in [1.82, 2.24) is 5.32 Å². The Labute approximate surface area is 73.8 Å². The van der Waals surface area contributed by atoms with Crippen LogP contribution in [0.25, 0.3) is 0 Å². The highest BCUT2D eigenvalue weighted by Gasteiger charge is 2.00. The number of hydrogen-bond acceptors (Lipinski definition) is 2. The Kier molecular flexibility index (Phi) is 6.38. The van der Waals surface area contributed by atoms with Crippen LogP contribution in [-0.4, -0.2) is 25.2 Å². The molecule has 0 radical (unpaired) electrons. The summed E-state index contributed by atoms with van der Waals surface area (Å²) >= 11 is 0. The highest BCUT2D eigenvalue weighted by Crippen LogP contribution is 1.86. The van der Waals surface area contributed by atoms with Crippen LogP contribution >= 0.6 is 0 Å². The summed E-state index contributed by atoms with van der Waals surface area (Å²) < 4.78 is 5.10. The average Bonchev–Trinajstić information content (AvgIpc) is 2.01. The first-order valence-corrected chi connectivity index (χ1v) is 4.16. The van der Waals surface area contributed by atoms with E-state index in [2.05, 4.69) is 11.9 Å². The lowest BCUT2D eigenvalue weighted by molar-refractivity contribution is -0.127. The molecule has 0 heterocycles. The topological polar surface area (TPSA) is 38.3 Å². The van der Waals surface area contributed by atoms with Gasteiger partial charge in [-0.1, -0.05) is 6.08 Å². The fourth-order valence-electron chi connectivity index (χ4n) is 0.607. The first kappa shape index (κ1) is 11.2. The number of carbonyl (C=O) groups is 1.